The highest BCUT2D eigenvalue weighted by Gasteiger charge is 2.27. The number of carbonyl (C=O) groups excluding carboxylic acids is 1. The Hall–Kier alpha value is -1.46. The minimum atomic E-state index is -0.282. The Morgan fingerprint density at radius 1 is 1.00 bits per heavy atom. The summed E-state index contributed by atoms with van der Waals surface area (Å²) in [7, 11) is 0. The van der Waals surface area contributed by atoms with Crippen LogP contribution in [0, 0.1) is 11.7 Å². The zero-order valence-corrected chi connectivity index (χ0v) is 14.5. The average Bonchev–Trinajstić information content (AvgIpc) is 2.60. The molecule has 132 valence electrons. The molecule has 0 unspecified atom stereocenters. The Bertz CT molecular complexity index is 520. The van der Waals surface area contributed by atoms with Crippen molar-refractivity contribution in [3.63, 3.8) is 0 Å². The summed E-state index contributed by atoms with van der Waals surface area (Å²) in [5.41, 5.74) is 0.669. The van der Waals surface area contributed by atoms with E-state index in [1.54, 1.807) is 17.0 Å². The molecule has 5 heteroatoms. The molecule has 0 atom stereocenters. The average molecular weight is 335 g/mol. The molecule has 24 heavy (non-hydrogen) atoms. The van der Waals surface area contributed by atoms with Gasteiger partial charge in [0.1, 0.15) is 32.0 Å². The van der Waals surface area contributed by atoms with Crippen LogP contribution < -0.4 is 15.1 Å². The molecular weight excluding hydrogens is 305 g/mol. The fourth-order valence-corrected chi connectivity index (χ4v) is 4.10. The van der Waals surface area contributed by atoms with Crippen molar-refractivity contribution in [2.45, 2.75) is 32.1 Å². The van der Waals surface area contributed by atoms with E-state index in [4.69, 9.17) is 0 Å². The van der Waals surface area contributed by atoms with Crippen LogP contribution in [0.25, 0.3) is 0 Å². The minimum Gasteiger partial charge on any atom is -0.325 e. The van der Waals surface area contributed by atoms with Crippen molar-refractivity contribution in [1.82, 2.24) is 0 Å². The number of amides is 1. The van der Waals surface area contributed by atoms with Crippen LogP contribution in [0.15, 0.2) is 24.3 Å². The molecule has 1 aromatic rings. The molecule has 1 saturated carbocycles. The Kier molecular flexibility index (Phi) is 6.21. The second-order valence-electron chi connectivity index (χ2n) is 7.44. The summed E-state index contributed by atoms with van der Waals surface area (Å²) in [5.74, 6) is 0.667. The molecule has 2 fully saturated rings. The molecule has 2 aliphatic rings. The van der Waals surface area contributed by atoms with Crippen molar-refractivity contribution < 1.29 is 19.0 Å². The zero-order chi connectivity index (χ0) is 16.8. The molecule has 3 rings (SSSR count). The number of anilines is 1. The van der Waals surface area contributed by atoms with Gasteiger partial charge in [0, 0.05) is 11.6 Å². The number of rotatable bonds is 5. The topological polar surface area (TPSA) is 38.0 Å². The third-order valence-corrected chi connectivity index (χ3v) is 5.50. The van der Waals surface area contributed by atoms with Gasteiger partial charge >= 0.3 is 0 Å². The van der Waals surface area contributed by atoms with Crippen LogP contribution in [-0.4, -0.2) is 45.2 Å². The van der Waals surface area contributed by atoms with Gasteiger partial charge in [-0.2, -0.15) is 0 Å². The minimum absolute atomic E-state index is 0.0207. The molecule has 0 aromatic heterocycles. The number of hydrogen-bond donors (Lipinski definition) is 3. The van der Waals surface area contributed by atoms with Crippen molar-refractivity contribution in [2.24, 2.45) is 5.92 Å². The van der Waals surface area contributed by atoms with Gasteiger partial charge in [-0.3, -0.25) is 4.79 Å². The van der Waals surface area contributed by atoms with Gasteiger partial charge in [-0.15, -0.1) is 0 Å². The van der Waals surface area contributed by atoms with Gasteiger partial charge < -0.3 is 15.1 Å². The predicted octanol–water partition coefficient (Wildman–Crippen LogP) is 0.128. The Labute approximate surface area is 144 Å². The molecule has 1 aromatic carbocycles. The van der Waals surface area contributed by atoms with Crippen molar-refractivity contribution in [3.8, 4) is 0 Å². The normalized spacial score (nSPS) is 25.4. The van der Waals surface area contributed by atoms with Crippen molar-refractivity contribution in [3.05, 3.63) is 30.1 Å². The number of quaternary nitrogens is 2. The van der Waals surface area contributed by atoms with Crippen molar-refractivity contribution in [1.29, 1.82) is 0 Å². The fraction of sp³-hybridized carbons (Fsp3) is 0.632. The van der Waals surface area contributed by atoms with Crippen LogP contribution in [0.5, 0.6) is 0 Å². The highest BCUT2D eigenvalue weighted by Crippen LogP contribution is 2.22. The summed E-state index contributed by atoms with van der Waals surface area (Å²) >= 11 is 0. The van der Waals surface area contributed by atoms with E-state index < -0.39 is 0 Å². The van der Waals surface area contributed by atoms with Crippen molar-refractivity contribution >= 4 is 11.6 Å². The van der Waals surface area contributed by atoms with E-state index in [2.05, 4.69) is 5.32 Å². The maximum absolute atomic E-state index is 12.9. The first kappa shape index (κ1) is 17.4. The summed E-state index contributed by atoms with van der Waals surface area (Å²) in [6, 6.07) is 5.95. The molecule has 0 spiro atoms. The zero-order valence-electron chi connectivity index (χ0n) is 14.5. The summed E-state index contributed by atoms with van der Waals surface area (Å²) in [6.07, 6.45) is 7.09. The van der Waals surface area contributed by atoms with E-state index >= 15 is 0 Å². The molecule has 1 amide bonds. The largest absolute Gasteiger partial charge is 0.325 e. The number of nitrogens with one attached hydrogen (secondary N) is 3. The first-order valence-electron chi connectivity index (χ1n) is 9.41. The molecule has 1 aliphatic carbocycles. The summed E-state index contributed by atoms with van der Waals surface area (Å²) in [4.78, 5) is 15.2. The van der Waals surface area contributed by atoms with Gasteiger partial charge in [-0.1, -0.05) is 19.3 Å². The van der Waals surface area contributed by atoms with E-state index in [0.29, 0.717) is 12.2 Å². The third kappa shape index (κ3) is 5.28. The monoisotopic (exact) mass is 335 g/mol. The number of carbonyl (C=O) groups is 1. The Balaban J connectivity index is 1.37. The number of halogens is 1. The van der Waals surface area contributed by atoms with E-state index in [-0.39, 0.29) is 11.7 Å². The van der Waals surface area contributed by atoms with E-state index in [9.17, 15) is 9.18 Å². The fourth-order valence-electron chi connectivity index (χ4n) is 4.10. The van der Waals surface area contributed by atoms with E-state index in [1.165, 1.54) is 68.8 Å². The van der Waals surface area contributed by atoms with Gasteiger partial charge in [0.05, 0.1) is 6.54 Å². The lowest BCUT2D eigenvalue weighted by atomic mass is 9.89. The van der Waals surface area contributed by atoms with Crippen LogP contribution >= 0.6 is 0 Å². The molecule has 1 saturated heterocycles. The van der Waals surface area contributed by atoms with Crippen LogP contribution in [-0.2, 0) is 4.79 Å². The van der Waals surface area contributed by atoms with Crippen LogP contribution in [0.3, 0.4) is 0 Å². The highest BCUT2D eigenvalue weighted by atomic mass is 19.1. The summed E-state index contributed by atoms with van der Waals surface area (Å²) in [5, 5.41) is 2.86. The third-order valence-electron chi connectivity index (χ3n) is 5.50. The lowest BCUT2D eigenvalue weighted by Gasteiger charge is -2.32. The quantitative estimate of drug-likeness (QED) is 0.703. The smallest absolute Gasteiger partial charge is 0.279 e. The molecule has 1 heterocycles. The van der Waals surface area contributed by atoms with Crippen molar-refractivity contribution in [2.75, 3.05) is 44.6 Å². The predicted molar refractivity (Wildman–Crippen MR) is 92.7 cm³/mol. The summed E-state index contributed by atoms with van der Waals surface area (Å²) < 4.78 is 12.9. The highest BCUT2D eigenvalue weighted by molar-refractivity contribution is 5.91. The molecule has 4 nitrogen and oxygen atoms in total. The van der Waals surface area contributed by atoms with Crippen LogP contribution in [0.2, 0.25) is 0 Å². The first-order valence-corrected chi connectivity index (χ1v) is 9.41. The molecule has 1 aliphatic heterocycles. The SMILES string of the molecule is O=C(C[NH+]1CC[NH+](CC2CCCCC2)CC1)Nc1ccc(F)cc1. The number of hydrogen-bond acceptors (Lipinski definition) is 1. The molecule has 0 radical (unpaired) electrons. The number of piperazine rings is 1. The Morgan fingerprint density at radius 2 is 1.62 bits per heavy atom. The number of benzene rings is 1. The van der Waals surface area contributed by atoms with Crippen LogP contribution in [0.4, 0.5) is 10.1 Å². The second-order valence-corrected chi connectivity index (χ2v) is 7.44. The maximum atomic E-state index is 12.9. The molecule has 3 N–H and O–H groups in total. The van der Waals surface area contributed by atoms with Gasteiger partial charge in [0.25, 0.3) is 5.91 Å². The van der Waals surface area contributed by atoms with Gasteiger partial charge in [0.15, 0.2) is 6.54 Å². The van der Waals surface area contributed by atoms with Gasteiger partial charge in [-0.05, 0) is 37.1 Å². The molecular formula is C19H30FN3O+2. The lowest BCUT2D eigenvalue weighted by molar-refractivity contribution is -1.01. The summed E-state index contributed by atoms with van der Waals surface area (Å²) in [6.45, 7) is 6.33. The van der Waals surface area contributed by atoms with E-state index in [1.807, 2.05) is 0 Å². The standard InChI is InChI=1S/C19H28FN3O/c20-17-6-8-18(9-7-17)21-19(24)15-23-12-10-22(11-13-23)14-16-4-2-1-3-5-16/h6-9,16H,1-5,10-15H2,(H,21,24)/p+2. The Morgan fingerprint density at radius 3 is 2.29 bits per heavy atom. The van der Waals surface area contributed by atoms with Gasteiger partial charge in [-0.25, -0.2) is 4.39 Å². The maximum Gasteiger partial charge on any atom is 0.279 e. The van der Waals surface area contributed by atoms with Crippen LogP contribution in [0.1, 0.15) is 32.1 Å². The molecule has 0 bridgehead atoms. The second kappa shape index (κ2) is 8.58. The van der Waals surface area contributed by atoms with Gasteiger partial charge in [0.2, 0.25) is 0 Å². The van der Waals surface area contributed by atoms with E-state index in [0.717, 1.165) is 19.0 Å². The first-order chi connectivity index (χ1) is 11.7. The lowest BCUT2D eigenvalue weighted by Crippen LogP contribution is -3.28.